The Morgan fingerprint density at radius 3 is 2.62 bits per heavy atom. The maximum Gasteiger partial charge on any atom is 0.339 e. The molecule has 1 heterocycles. The number of benzene rings is 1. The van der Waals surface area contributed by atoms with Crippen molar-refractivity contribution in [2.45, 2.75) is 6.04 Å². The average Bonchev–Trinajstić information content (AvgIpc) is 2.87. The Labute approximate surface area is 126 Å². The first-order valence-corrected chi connectivity index (χ1v) is 6.49. The number of rotatable bonds is 4. The molecular weight excluding hydrogens is 292 g/mol. The van der Waals surface area contributed by atoms with Crippen molar-refractivity contribution in [3.8, 4) is 0 Å². The largest absolute Gasteiger partial charge is 0.465 e. The van der Waals surface area contributed by atoms with Gasteiger partial charge in [-0.1, -0.05) is 28.8 Å². The first kappa shape index (κ1) is 15.0. The lowest BCUT2D eigenvalue weighted by atomic mass is 10.0. The van der Waals surface area contributed by atoms with Crippen molar-refractivity contribution >= 4 is 17.6 Å². The summed E-state index contributed by atoms with van der Waals surface area (Å²) in [6.07, 6.45) is 1.72. The lowest BCUT2D eigenvalue weighted by molar-refractivity contribution is 0.0599. The third-order valence-corrected chi connectivity index (χ3v) is 3.39. The van der Waals surface area contributed by atoms with E-state index in [2.05, 4.69) is 10.0 Å². The Bertz CT molecular complexity index is 702. The molecule has 0 radical (unpaired) electrons. The van der Waals surface area contributed by atoms with E-state index in [0.717, 1.165) is 5.56 Å². The van der Waals surface area contributed by atoms with Crippen LogP contribution in [0.2, 0.25) is 5.02 Å². The van der Waals surface area contributed by atoms with Crippen molar-refractivity contribution in [2.75, 3.05) is 7.11 Å². The summed E-state index contributed by atoms with van der Waals surface area (Å²) in [6, 6.07) is 7.93. The number of methoxy groups -OCH3 is 1. The lowest BCUT2D eigenvalue weighted by Gasteiger charge is -2.15. The van der Waals surface area contributed by atoms with E-state index in [0.29, 0.717) is 16.3 Å². The Morgan fingerprint density at radius 2 is 2.05 bits per heavy atom. The summed E-state index contributed by atoms with van der Waals surface area (Å²) in [7, 11) is 3.08. The zero-order valence-electron chi connectivity index (χ0n) is 11.5. The molecule has 0 saturated heterocycles. The van der Waals surface area contributed by atoms with Crippen molar-refractivity contribution in [1.82, 2.24) is 4.57 Å². The summed E-state index contributed by atoms with van der Waals surface area (Å²) in [5, 5.41) is 4.40. The van der Waals surface area contributed by atoms with Gasteiger partial charge in [-0.2, -0.15) is 0 Å². The first-order chi connectivity index (χ1) is 10.1. The number of aryl methyl sites for hydroxylation is 1. The summed E-state index contributed by atoms with van der Waals surface area (Å²) < 4.78 is 6.50. The van der Waals surface area contributed by atoms with Crippen LogP contribution in [0.1, 0.15) is 27.7 Å². The number of carbonyl (C=O) groups is 1. The number of aromatic nitrogens is 1. The number of hydrogen-bond acceptors (Lipinski definition) is 3. The summed E-state index contributed by atoms with van der Waals surface area (Å²) in [6.45, 7) is 0. The van der Waals surface area contributed by atoms with Crippen LogP contribution in [0.3, 0.4) is 0 Å². The summed E-state index contributed by atoms with van der Waals surface area (Å²) in [4.78, 5) is 14.7. The van der Waals surface area contributed by atoms with Crippen LogP contribution in [0.15, 0.2) is 41.6 Å². The molecule has 6 nitrogen and oxygen atoms in total. The van der Waals surface area contributed by atoms with Crippen LogP contribution in [0.5, 0.6) is 0 Å². The second kappa shape index (κ2) is 6.35. The minimum Gasteiger partial charge on any atom is -0.465 e. The van der Waals surface area contributed by atoms with Gasteiger partial charge < -0.3 is 9.30 Å². The molecule has 21 heavy (non-hydrogen) atoms. The number of hydrogen-bond donors (Lipinski definition) is 0. The number of esters is 1. The number of ether oxygens (including phenoxy) is 1. The lowest BCUT2D eigenvalue weighted by Crippen LogP contribution is -2.11. The van der Waals surface area contributed by atoms with E-state index in [1.807, 2.05) is 0 Å². The van der Waals surface area contributed by atoms with Crippen LogP contribution in [0.25, 0.3) is 10.4 Å². The fourth-order valence-electron chi connectivity index (χ4n) is 2.14. The van der Waals surface area contributed by atoms with Crippen molar-refractivity contribution in [3.05, 3.63) is 68.8 Å². The highest BCUT2D eigenvalue weighted by molar-refractivity contribution is 6.30. The molecule has 0 amide bonds. The van der Waals surface area contributed by atoms with E-state index in [9.17, 15) is 4.79 Å². The van der Waals surface area contributed by atoms with Crippen molar-refractivity contribution in [2.24, 2.45) is 12.2 Å². The maximum atomic E-state index is 11.9. The molecule has 0 aliphatic heterocycles. The molecule has 0 aliphatic carbocycles. The van der Waals surface area contributed by atoms with Crippen LogP contribution in [0.4, 0.5) is 0 Å². The second-order valence-corrected chi connectivity index (χ2v) is 4.81. The molecule has 7 heteroatoms. The summed E-state index contributed by atoms with van der Waals surface area (Å²) >= 11 is 5.87. The summed E-state index contributed by atoms with van der Waals surface area (Å²) in [5.74, 6) is -0.474. The fourth-order valence-corrected chi connectivity index (χ4v) is 2.27. The van der Waals surface area contributed by atoms with E-state index in [-0.39, 0.29) is 0 Å². The highest BCUT2D eigenvalue weighted by Crippen LogP contribution is 2.30. The predicted octanol–water partition coefficient (Wildman–Crippen LogP) is 3.86. The molecule has 0 aliphatic rings. The second-order valence-electron chi connectivity index (χ2n) is 4.38. The topological polar surface area (TPSA) is 80.0 Å². The van der Waals surface area contributed by atoms with E-state index in [1.165, 1.54) is 7.11 Å². The van der Waals surface area contributed by atoms with E-state index < -0.39 is 12.0 Å². The summed E-state index contributed by atoms with van der Waals surface area (Å²) in [5.41, 5.74) is 10.5. The molecule has 1 atom stereocenters. The number of nitrogens with zero attached hydrogens (tertiary/aromatic N) is 4. The van der Waals surface area contributed by atoms with Crippen molar-refractivity contribution in [1.29, 1.82) is 0 Å². The quantitative estimate of drug-likeness (QED) is 0.372. The van der Waals surface area contributed by atoms with Crippen LogP contribution < -0.4 is 0 Å². The zero-order chi connectivity index (χ0) is 15.4. The highest BCUT2D eigenvalue weighted by Gasteiger charge is 2.23. The Hall–Kier alpha value is -2.43. The first-order valence-electron chi connectivity index (χ1n) is 6.11. The SMILES string of the molecule is COC(=O)c1ccn(C)c1C(N=[N+]=[N-])c1ccc(Cl)cc1. The Kier molecular flexibility index (Phi) is 4.52. The standard InChI is InChI=1S/C14H13ClN4O2/c1-19-8-7-11(14(20)21-2)13(19)12(17-18-16)9-3-5-10(15)6-4-9/h3-8,12H,1-2H3. The van der Waals surface area contributed by atoms with Crippen molar-refractivity contribution in [3.63, 3.8) is 0 Å². The van der Waals surface area contributed by atoms with Gasteiger partial charge in [-0.15, -0.1) is 0 Å². The fraction of sp³-hybridized carbons (Fsp3) is 0.214. The predicted molar refractivity (Wildman–Crippen MR) is 79.2 cm³/mol. The van der Waals surface area contributed by atoms with Crippen LogP contribution in [-0.2, 0) is 11.8 Å². The van der Waals surface area contributed by atoms with Crippen molar-refractivity contribution < 1.29 is 9.53 Å². The van der Waals surface area contributed by atoms with Gasteiger partial charge in [0, 0.05) is 28.9 Å². The van der Waals surface area contributed by atoms with Gasteiger partial charge in [-0.3, -0.25) is 0 Å². The van der Waals surface area contributed by atoms with E-state index >= 15 is 0 Å². The molecule has 0 bridgehead atoms. The molecule has 2 aromatic rings. The normalized spacial score (nSPS) is 11.6. The number of halogens is 1. The molecule has 1 aromatic heterocycles. The molecule has 0 fully saturated rings. The van der Waals surface area contributed by atoms with Crippen LogP contribution in [0, 0.1) is 0 Å². The van der Waals surface area contributed by atoms with E-state index in [1.54, 1.807) is 48.1 Å². The van der Waals surface area contributed by atoms with Gasteiger partial charge in [-0.25, -0.2) is 4.79 Å². The van der Waals surface area contributed by atoms with Gasteiger partial charge >= 0.3 is 5.97 Å². The van der Waals surface area contributed by atoms with E-state index in [4.69, 9.17) is 21.9 Å². The minimum absolute atomic E-state index is 0.368. The smallest absolute Gasteiger partial charge is 0.339 e. The van der Waals surface area contributed by atoms with Gasteiger partial charge in [-0.05, 0) is 29.3 Å². The Balaban J connectivity index is 2.58. The molecule has 0 spiro atoms. The van der Waals surface area contributed by atoms with Crippen LogP contribution in [-0.4, -0.2) is 17.6 Å². The molecule has 0 saturated carbocycles. The van der Waals surface area contributed by atoms with Gasteiger partial charge in [0.05, 0.1) is 12.7 Å². The third-order valence-electron chi connectivity index (χ3n) is 3.14. The third kappa shape index (κ3) is 3.02. The van der Waals surface area contributed by atoms with Gasteiger partial charge in [0.2, 0.25) is 0 Å². The highest BCUT2D eigenvalue weighted by atomic mass is 35.5. The van der Waals surface area contributed by atoms with Gasteiger partial charge in [0.1, 0.15) is 6.04 Å². The number of azide groups is 1. The molecule has 1 unspecified atom stereocenters. The molecule has 108 valence electrons. The molecule has 2 rings (SSSR count). The van der Waals surface area contributed by atoms with Gasteiger partial charge in [0.15, 0.2) is 0 Å². The average molecular weight is 305 g/mol. The molecule has 1 aromatic carbocycles. The Morgan fingerprint density at radius 1 is 1.38 bits per heavy atom. The minimum atomic E-state index is -0.638. The zero-order valence-corrected chi connectivity index (χ0v) is 12.3. The molecular formula is C14H13ClN4O2. The van der Waals surface area contributed by atoms with Gasteiger partial charge in [0.25, 0.3) is 0 Å². The number of carbonyl (C=O) groups excluding carboxylic acids is 1. The maximum absolute atomic E-state index is 11.9. The monoisotopic (exact) mass is 304 g/mol. The van der Waals surface area contributed by atoms with Crippen LogP contribution >= 0.6 is 11.6 Å². The molecule has 0 N–H and O–H groups in total.